The molecule has 7 nitrogen and oxygen atoms in total. The van der Waals surface area contributed by atoms with Gasteiger partial charge in [-0.05, 0) is 12.1 Å². The first kappa shape index (κ1) is 14.1. The van der Waals surface area contributed by atoms with Gasteiger partial charge in [-0.2, -0.15) is 0 Å². The van der Waals surface area contributed by atoms with Crippen LogP contribution in [-0.4, -0.2) is 35.2 Å². The van der Waals surface area contributed by atoms with Crippen LogP contribution < -0.4 is 16.4 Å². The van der Waals surface area contributed by atoms with Crippen molar-refractivity contribution in [1.29, 1.82) is 0 Å². The normalized spacial score (nSPS) is 13.5. The molecule has 1 heterocycles. The van der Waals surface area contributed by atoms with Gasteiger partial charge in [0.1, 0.15) is 0 Å². The molecule has 1 aromatic carbocycles. The Balaban J connectivity index is 1.95. The van der Waals surface area contributed by atoms with E-state index in [1.165, 1.54) is 23.9 Å². The Labute approximate surface area is 119 Å². The molecule has 1 aliphatic rings. The monoisotopic (exact) mass is 292 g/mol. The van der Waals surface area contributed by atoms with Crippen LogP contribution in [0.1, 0.15) is 10.4 Å². The highest BCUT2D eigenvalue weighted by molar-refractivity contribution is 8.14. The third-order valence-electron chi connectivity index (χ3n) is 2.44. The fraction of sp³-hybridized carbons (Fsp3) is 0.167. The van der Waals surface area contributed by atoms with E-state index >= 15 is 0 Å². The molecule has 2 rings (SSSR count). The number of nitrogens with zero attached hydrogens (tertiary/aromatic N) is 1. The number of anilines is 1. The minimum Gasteiger partial charge on any atom is -0.398 e. The predicted molar refractivity (Wildman–Crippen MR) is 76.2 cm³/mol. The second-order valence-electron chi connectivity index (χ2n) is 3.86. The molecule has 0 saturated heterocycles. The van der Waals surface area contributed by atoms with E-state index in [9.17, 15) is 14.4 Å². The van der Waals surface area contributed by atoms with Gasteiger partial charge in [0.2, 0.25) is 0 Å². The molecule has 0 fully saturated rings. The van der Waals surface area contributed by atoms with E-state index in [4.69, 9.17) is 5.73 Å². The number of nitrogens with one attached hydrogen (secondary N) is 2. The summed E-state index contributed by atoms with van der Waals surface area (Å²) in [5.41, 5.74) is 5.98. The average molecular weight is 292 g/mol. The van der Waals surface area contributed by atoms with Crippen molar-refractivity contribution in [2.45, 2.75) is 0 Å². The summed E-state index contributed by atoms with van der Waals surface area (Å²) in [4.78, 5) is 38.9. The van der Waals surface area contributed by atoms with Gasteiger partial charge in [0.15, 0.2) is 5.17 Å². The number of thioether (sulfide) groups is 1. The van der Waals surface area contributed by atoms with E-state index in [1.807, 2.05) is 5.32 Å². The number of imide groups is 1. The second kappa shape index (κ2) is 6.20. The number of hydrogen-bond acceptors (Lipinski definition) is 6. The molecule has 1 aliphatic heterocycles. The Kier molecular flexibility index (Phi) is 4.36. The smallest absolute Gasteiger partial charge is 0.316 e. The van der Waals surface area contributed by atoms with Gasteiger partial charge < -0.3 is 5.73 Å². The first-order valence-corrected chi connectivity index (χ1v) is 6.75. The Hall–Kier alpha value is -2.35. The fourth-order valence-corrected chi connectivity index (χ4v) is 2.22. The molecule has 0 aliphatic carbocycles. The van der Waals surface area contributed by atoms with Crippen molar-refractivity contribution in [2.75, 3.05) is 18.0 Å². The van der Waals surface area contributed by atoms with Crippen molar-refractivity contribution in [3.63, 3.8) is 0 Å². The number of para-hydroxylation sites is 1. The lowest BCUT2D eigenvalue weighted by Gasteiger charge is -2.06. The van der Waals surface area contributed by atoms with Crippen LogP contribution in [0.4, 0.5) is 5.69 Å². The zero-order valence-corrected chi connectivity index (χ0v) is 11.2. The second-order valence-corrected chi connectivity index (χ2v) is 4.94. The predicted octanol–water partition coefficient (Wildman–Crippen LogP) is -0.256. The average Bonchev–Trinajstić information content (AvgIpc) is 2.91. The number of aliphatic imine (C=N–C) groups is 1. The molecule has 1 aromatic rings. The molecule has 104 valence electrons. The lowest BCUT2D eigenvalue weighted by molar-refractivity contribution is -0.137. The van der Waals surface area contributed by atoms with Crippen molar-refractivity contribution in [3.8, 4) is 0 Å². The fourth-order valence-electron chi connectivity index (χ4n) is 1.50. The molecule has 0 spiro atoms. The molecule has 4 N–H and O–H groups in total. The first-order chi connectivity index (χ1) is 9.58. The van der Waals surface area contributed by atoms with Gasteiger partial charge in [-0.1, -0.05) is 23.9 Å². The standard InChI is InChI=1S/C12H12N4O3S/c13-8-4-2-1-3-7(8)9(17)15-10(18)11(19)16-12-14-5-6-20-12/h1-4H,5-6,13H2,(H,14,16,19)(H,15,17,18). The van der Waals surface area contributed by atoms with Crippen molar-refractivity contribution >= 4 is 40.3 Å². The van der Waals surface area contributed by atoms with Crippen LogP contribution in [0.5, 0.6) is 0 Å². The minimum absolute atomic E-state index is 0.140. The number of amides is 3. The van der Waals surface area contributed by atoms with Gasteiger partial charge in [-0.25, -0.2) is 0 Å². The van der Waals surface area contributed by atoms with E-state index in [0.717, 1.165) is 5.75 Å². The summed E-state index contributed by atoms with van der Waals surface area (Å²) in [6.07, 6.45) is 0. The van der Waals surface area contributed by atoms with Crippen LogP contribution in [-0.2, 0) is 9.59 Å². The van der Waals surface area contributed by atoms with Gasteiger partial charge in [-0.15, -0.1) is 0 Å². The van der Waals surface area contributed by atoms with E-state index in [0.29, 0.717) is 11.7 Å². The lowest BCUT2D eigenvalue weighted by atomic mass is 10.1. The third-order valence-corrected chi connectivity index (χ3v) is 3.34. The van der Waals surface area contributed by atoms with E-state index < -0.39 is 17.7 Å². The van der Waals surface area contributed by atoms with E-state index in [-0.39, 0.29) is 11.3 Å². The molecule has 0 aromatic heterocycles. The number of amidine groups is 1. The Morgan fingerprint density at radius 1 is 1.20 bits per heavy atom. The molecule has 0 bridgehead atoms. The highest BCUT2D eigenvalue weighted by atomic mass is 32.2. The van der Waals surface area contributed by atoms with Crippen LogP contribution in [0.2, 0.25) is 0 Å². The lowest BCUT2D eigenvalue weighted by Crippen LogP contribution is -2.44. The maximum Gasteiger partial charge on any atom is 0.316 e. The molecule has 8 heteroatoms. The minimum atomic E-state index is -1.05. The molecule has 0 unspecified atom stereocenters. The number of rotatable bonds is 1. The Bertz CT molecular complexity index is 600. The summed E-state index contributed by atoms with van der Waals surface area (Å²) in [5, 5.41) is 4.69. The van der Waals surface area contributed by atoms with Crippen molar-refractivity contribution in [2.24, 2.45) is 4.99 Å². The molecule has 20 heavy (non-hydrogen) atoms. The largest absolute Gasteiger partial charge is 0.398 e. The maximum absolute atomic E-state index is 11.8. The SMILES string of the molecule is Nc1ccccc1C(=O)NC(=O)C(=O)NC1=NCCS1. The van der Waals surface area contributed by atoms with Gasteiger partial charge in [0.25, 0.3) is 5.91 Å². The van der Waals surface area contributed by atoms with Crippen LogP contribution in [0.3, 0.4) is 0 Å². The van der Waals surface area contributed by atoms with Crippen LogP contribution >= 0.6 is 11.8 Å². The molecular formula is C12H12N4O3S. The zero-order chi connectivity index (χ0) is 14.5. The van der Waals surface area contributed by atoms with Gasteiger partial charge >= 0.3 is 11.8 Å². The Morgan fingerprint density at radius 2 is 1.95 bits per heavy atom. The summed E-state index contributed by atoms with van der Waals surface area (Å²) in [6, 6.07) is 6.27. The van der Waals surface area contributed by atoms with Gasteiger partial charge in [-0.3, -0.25) is 30.0 Å². The number of benzene rings is 1. The first-order valence-electron chi connectivity index (χ1n) is 5.76. The number of nitrogen functional groups attached to an aromatic ring is 1. The van der Waals surface area contributed by atoms with E-state index in [1.54, 1.807) is 12.1 Å². The molecule has 3 amide bonds. The quantitative estimate of drug-likeness (QED) is 0.487. The number of carbonyl (C=O) groups excluding carboxylic acids is 3. The summed E-state index contributed by atoms with van der Waals surface area (Å²) >= 11 is 1.34. The summed E-state index contributed by atoms with van der Waals surface area (Å²) in [7, 11) is 0. The molecular weight excluding hydrogens is 280 g/mol. The molecule has 0 saturated carbocycles. The van der Waals surface area contributed by atoms with E-state index in [2.05, 4.69) is 10.3 Å². The van der Waals surface area contributed by atoms with Gasteiger partial charge in [0, 0.05) is 11.4 Å². The van der Waals surface area contributed by atoms with Crippen molar-refractivity contribution in [1.82, 2.24) is 10.6 Å². The highest BCUT2D eigenvalue weighted by Gasteiger charge is 2.21. The molecule has 0 atom stereocenters. The van der Waals surface area contributed by atoms with Crippen LogP contribution in [0, 0.1) is 0 Å². The van der Waals surface area contributed by atoms with Crippen molar-refractivity contribution < 1.29 is 14.4 Å². The maximum atomic E-state index is 11.8. The van der Waals surface area contributed by atoms with Crippen LogP contribution in [0.25, 0.3) is 0 Å². The summed E-state index contributed by atoms with van der Waals surface area (Å²) in [5.74, 6) is -1.94. The molecule has 0 radical (unpaired) electrons. The third kappa shape index (κ3) is 3.35. The number of nitrogens with two attached hydrogens (primary N) is 1. The topological polar surface area (TPSA) is 114 Å². The highest BCUT2D eigenvalue weighted by Crippen LogP contribution is 2.10. The Morgan fingerprint density at radius 3 is 2.60 bits per heavy atom. The van der Waals surface area contributed by atoms with Crippen molar-refractivity contribution in [3.05, 3.63) is 29.8 Å². The number of hydrogen-bond donors (Lipinski definition) is 3. The zero-order valence-electron chi connectivity index (χ0n) is 10.4. The van der Waals surface area contributed by atoms with Gasteiger partial charge in [0.05, 0.1) is 12.1 Å². The summed E-state index contributed by atoms with van der Waals surface area (Å²) in [6.45, 7) is 0.599. The summed E-state index contributed by atoms with van der Waals surface area (Å²) < 4.78 is 0. The number of carbonyl (C=O) groups is 3. The van der Waals surface area contributed by atoms with Crippen LogP contribution in [0.15, 0.2) is 29.3 Å².